The number of benzene rings is 3. The number of carbonyl (C=O) groups excluding carboxylic acids is 2. The van der Waals surface area contributed by atoms with Gasteiger partial charge < -0.3 is 14.5 Å². The van der Waals surface area contributed by atoms with E-state index in [0.29, 0.717) is 6.54 Å². The Labute approximate surface area is 233 Å². The largest absolute Gasteiger partial charge is 0.466 e. The van der Waals surface area contributed by atoms with Crippen molar-refractivity contribution in [3.8, 4) is 11.1 Å². The summed E-state index contributed by atoms with van der Waals surface area (Å²) in [4.78, 5) is 29.6. The van der Waals surface area contributed by atoms with Crippen LogP contribution in [0.25, 0.3) is 17.2 Å². The third-order valence-electron chi connectivity index (χ3n) is 7.65. The summed E-state index contributed by atoms with van der Waals surface area (Å²) in [5.74, 6) is -0.165. The number of hydrogen-bond donors (Lipinski definition) is 0. The van der Waals surface area contributed by atoms with E-state index in [1.165, 1.54) is 42.0 Å². The number of anilines is 2. The van der Waals surface area contributed by atoms with Crippen LogP contribution in [0.5, 0.6) is 0 Å². The average molecular weight is 525 g/mol. The number of esters is 1. The van der Waals surface area contributed by atoms with E-state index in [4.69, 9.17) is 4.74 Å². The fourth-order valence-electron chi connectivity index (χ4n) is 5.31. The van der Waals surface area contributed by atoms with E-state index >= 15 is 0 Å². The van der Waals surface area contributed by atoms with Crippen LogP contribution in [0.4, 0.5) is 11.4 Å². The second-order valence-electron chi connectivity index (χ2n) is 10.5. The molecule has 0 atom stereocenters. The minimum absolute atomic E-state index is 0.0487. The zero-order valence-electron chi connectivity index (χ0n) is 23.7. The molecule has 5 nitrogen and oxygen atoms in total. The Kier molecular flexibility index (Phi) is 9.59. The number of ether oxygens (including phenoxy) is 1. The third kappa shape index (κ3) is 7.17. The van der Waals surface area contributed by atoms with Gasteiger partial charge in [0.25, 0.3) is 0 Å². The molecule has 0 N–H and O–H groups in total. The van der Waals surface area contributed by atoms with Crippen LogP contribution in [0.15, 0.2) is 72.8 Å². The Morgan fingerprint density at radius 1 is 0.872 bits per heavy atom. The highest BCUT2D eigenvalue weighted by atomic mass is 16.5. The van der Waals surface area contributed by atoms with E-state index in [1.54, 1.807) is 6.08 Å². The van der Waals surface area contributed by atoms with Crippen LogP contribution in [-0.4, -0.2) is 33.1 Å². The van der Waals surface area contributed by atoms with Crippen molar-refractivity contribution in [2.75, 3.05) is 31.0 Å². The predicted octanol–water partition coefficient (Wildman–Crippen LogP) is 7.28. The van der Waals surface area contributed by atoms with Crippen LogP contribution in [0.3, 0.4) is 0 Å². The van der Waals surface area contributed by atoms with Crippen molar-refractivity contribution in [3.05, 3.63) is 89.5 Å². The molecule has 4 rings (SSSR count). The van der Waals surface area contributed by atoms with Gasteiger partial charge in [0.2, 0.25) is 5.91 Å². The van der Waals surface area contributed by atoms with Crippen molar-refractivity contribution in [3.63, 3.8) is 0 Å². The van der Waals surface area contributed by atoms with Crippen LogP contribution in [0.1, 0.15) is 55.7 Å². The topological polar surface area (TPSA) is 49.9 Å². The third-order valence-corrected chi connectivity index (χ3v) is 7.65. The summed E-state index contributed by atoms with van der Waals surface area (Å²) < 4.78 is 4.74. The van der Waals surface area contributed by atoms with Gasteiger partial charge in [0.05, 0.1) is 13.7 Å². The van der Waals surface area contributed by atoms with E-state index in [1.807, 2.05) is 43.3 Å². The standard InChI is InChI=1S/C34H40N2O3/c1-5-26-23-29(27-17-19-31(20-18-27)35(2)3)15-16-30(26)24-36(34(38)28-11-7-6-8-12-28)32-13-9-10-25(22-32)14-21-33(37)39-4/h9-10,13-23,28H,5-8,11-12,24H2,1-4H3/b21-14+. The number of carbonyl (C=O) groups is 2. The van der Waals surface area contributed by atoms with Gasteiger partial charge in [0.1, 0.15) is 0 Å². The van der Waals surface area contributed by atoms with E-state index in [-0.39, 0.29) is 11.8 Å². The molecule has 1 amide bonds. The highest BCUT2D eigenvalue weighted by Crippen LogP contribution is 2.31. The quantitative estimate of drug-likeness (QED) is 0.218. The second kappa shape index (κ2) is 13.3. The summed E-state index contributed by atoms with van der Waals surface area (Å²) in [6, 6.07) is 23.0. The van der Waals surface area contributed by atoms with Crippen LogP contribution in [0.2, 0.25) is 0 Å². The lowest BCUT2D eigenvalue weighted by molar-refractivity contribution is -0.134. The van der Waals surface area contributed by atoms with Gasteiger partial charge in [0, 0.05) is 37.5 Å². The Morgan fingerprint density at radius 3 is 2.26 bits per heavy atom. The maximum Gasteiger partial charge on any atom is 0.330 e. The molecule has 0 aliphatic heterocycles. The maximum atomic E-state index is 13.9. The monoisotopic (exact) mass is 524 g/mol. The summed E-state index contributed by atoms with van der Waals surface area (Å²) in [6.45, 7) is 2.69. The molecule has 3 aromatic rings. The molecule has 3 aromatic carbocycles. The van der Waals surface area contributed by atoms with Crippen LogP contribution in [-0.2, 0) is 27.3 Å². The molecule has 5 heteroatoms. The smallest absolute Gasteiger partial charge is 0.330 e. The van der Waals surface area contributed by atoms with Crippen molar-refractivity contribution in [2.45, 2.75) is 52.0 Å². The van der Waals surface area contributed by atoms with Crippen molar-refractivity contribution in [1.82, 2.24) is 0 Å². The van der Waals surface area contributed by atoms with Gasteiger partial charge >= 0.3 is 5.97 Å². The molecule has 0 bridgehead atoms. The molecule has 1 aliphatic carbocycles. The first-order valence-corrected chi connectivity index (χ1v) is 14.0. The lowest BCUT2D eigenvalue weighted by atomic mass is 9.88. The van der Waals surface area contributed by atoms with Crippen molar-refractivity contribution >= 4 is 29.3 Å². The van der Waals surface area contributed by atoms with E-state index < -0.39 is 5.97 Å². The zero-order chi connectivity index (χ0) is 27.8. The van der Waals surface area contributed by atoms with Gasteiger partial charge in [-0.1, -0.05) is 68.7 Å². The van der Waals surface area contributed by atoms with Crippen LogP contribution < -0.4 is 9.80 Å². The SMILES string of the molecule is CCc1cc(-c2ccc(N(C)C)cc2)ccc1CN(C(=O)C1CCCCC1)c1cccc(/C=C/C(=O)OC)c1. The van der Waals surface area contributed by atoms with Crippen LogP contribution in [0, 0.1) is 5.92 Å². The van der Waals surface area contributed by atoms with Crippen molar-refractivity contribution < 1.29 is 14.3 Å². The molecular formula is C34H40N2O3. The van der Waals surface area contributed by atoms with E-state index in [0.717, 1.165) is 48.9 Å². The van der Waals surface area contributed by atoms with Crippen molar-refractivity contribution in [2.24, 2.45) is 5.92 Å². The molecule has 0 aromatic heterocycles. The lowest BCUT2D eigenvalue weighted by Gasteiger charge is -2.30. The number of amides is 1. The molecule has 204 valence electrons. The Bertz CT molecular complexity index is 1300. The fourth-order valence-corrected chi connectivity index (χ4v) is 5.31. The molecule has 1 fully saturated rings. The number of nitrogens with zero attached hydrogens (tertiary/aromatic N) is 2. The fraction of sp³-hybridized carbons (Fsp3) is 0.353. The van der Waals surface area contributed by atoms with Gasteiger partial charge in [-0.25, -0.2) is 4.79 Å². The van der Waals surface area contributed by atoms with Gasteiger partial charge in [-0.15, -0.1) is 0 Å². The number of aryl methyl sites for hydroxylation is 1. The first kappa shape index (κ1) is 28.2. The molecule has 0 spiro atoms. The number of methoxy groups -OCH3 is 1. The molecule has 0 saturated heterocycles. The minimum atomic E-state index is -0.403. The molecule has 1 saturated carbocycles. The Morgan fingerprint density at radius 2 is 1.59 bits per heavy atom. The normalized spacial score (nSPS) is 13.8. The minimum Gasteiger partial charge on any atom is -0.466 e. The van der Waals surface area contributed by atoms with E-state index in [9.17, 15) is 9.59 Å². The summed E-state index contributed by atoms with van der Waals surface area (Å²) in [6.07, 6.45) is 9.32. The van der Waals surface area contributed by atoms with Gasteiger partial charge in [-0.05, 0) is 77.4 Å². The summed E-state index contributed by atoms with van der Waals surface area (Å²) >= 11 is 0. The first-order valence-electron chi connectivity index (χ1n) is 14.0. The predicted molar refractivity (Wildman–Crippen MR) is 161 cm³/mol. The molecule has 0 unspecified atom stereocenters. The second-order valence-corrected chi connectivity index (χ2v) is 10.5. The first-order chi connectivity index (χ1) is 18.9. The zero-order valence-corrected chi connectivity index (χ0v) is 23.7. The van der Waals surface area contributed by atoms with Gasteiger partial charge in [-0.2, -0.15) is 0 Å². The maximum absolute atomic E-state index is 13.9. The number of hydrogen-bond acceptors (Lipinski definition) is 4. The summed E-state index contributed by atoms with van der Waals surface area (Å²) in [5.41, 5.74) is 7.64. The molecule has 0 heterocycles. The Balaban J connectivity index is 1.66. The van der Waals surface area contributed by atoms with E-state index in [2.05, 4.69) is 54.3 Å². The van der Waals surface area contributed by atoms with Crippen molar-refractivity contribution in [1.29, 1.82) is 0 Å². The highest BCUT2D eigenvalue weighted by Gasteiger charge is 2.27. The lowest BCUT2D eigenvalue weighted by Crippen LogP contribution is -2.37. The molecule has 0 radical (unpaired) electrons. The number of rotatable bonds is 9. The molecule has 1 aliphatic rings. The average Bonchev–Trinajstić information content (AvgIpc) is 2.98. The van der Waals surface area contributed by atoms with Crippen LogP contribution >= 0.6 is 0 Å². The molecular weight excluding hydrogens is 484 g/mol. The highest BCUT2D eigenvalue weighted by molar-refractivity contribution is 5.95. The Hall–Kier alpha value is -3.86. The summed E-state index contributed by atoms with van der Waals surface area (Å²) in [5, 5.41) is 0. The summed E-state index contributed by atoms with van der Waals surface area (Å²) in [7, 11) is 5.46. The van der Waals surface area contributed by atoms with Gasteiger partial charge in [-0.3, -0.25) is 4.79 Å². The molecule has 39 heavy (non-hydrogen) atoms. The van der Waals surface area contributed by atoms with Gasteiger partial charge in [0.15, 0.2) is 0 Å².